The molecule has 2 rings (SSSR count). The van der Waals surface area contributed by atoms with E-state index in [1.54, 1.807) is 0 Å². The molecule has 0 bridgehead atoms. The number of hydrogen-bond donors (Lipinski definition) is 2. The summed E-state index contributed by atoms with van der Waals surface area (Å²) in [5.74, 6) is -0.868. The maximum Gasteiger partial charge on any atom is 0.261 e. The van der Waals surface area contributed by atoms with E-state index in [-0.39, 0.29) is 32.6 Å². The number of nitrogens with one attached hydrogen (secondary N) is 2. The summed E-state index contributed by atoms with van der Waals surface area (Å²) < 4.78 is 40.3. The van der Waals surface area contributed by atoms with Crippen LogP contribution >= 0.6 is 11.6 Å². The van der Waals surface area contributed by atoms with Gasteiger partial charge in [-0.25, -0.2) is 12.8 Å². The summed E-state index contributed by atoms with van der Waals surface area (Å²) in [6, 6.07) is 8.75. The molecule has 2 aromatic carbocycles. The standard InChI is InChI=1S/C19H22ClFN2O3S/c1-4-11-19(2,3)22-18(24)13-5-10-16(20)17(12-13)23-27(25,26)15-8-6-14(21)7-9-15/h5-10,12,23H,4,11H2,1-3H3,(H,22,24). The lowest BCUT2D eigenvalue weighted by Gasteiger charge is -2.26. The van der Waals surface area contributed by atoms with E-state index in [4.69, 9.17) is 11.6 Å². The second-order valence-corrected chi connectivity index (χ2v) is 8.93. The first kappa shape index (κ1) is 21.2. The van der Waals surface area contributed by atoms with Crippen LogP contribution in [0, 0.1) is 5.82 Å². The van der Waals surface area contributed by atoms with Gasteiger partial charge in [0.25, 0.3) is 15.9 Å². The van der Waals surface area contributed by atoms with Crippen LogP contribution in [0.5, 0.6) is 0 Å². The molecule has 27 heavy (non-hydrogen) atoms. The van der Waals surface area contributed by atoms with E-state index in [1.165, 1.54) is 18.2 Å². The van der Waals surface area contributed by atoms with E-state index >= 15 is 0 Å². The Hall–Kier alpha value is -2.12. The highest BCUT2D eigenvalue weighted by Gasteiger charge is 2.22. The Kier molecular flexibility index (Phi) is 6.49. The maximum atomic E-state index is 13.0. The highest BCUT2D eigenvalue weighted by atomic mass is 35.5. The largest absolute Gasteiger partial charge is 0.347 e. The lowest BCUT2D eigenvalue weighted by atomic mass is 9.98. The topological polar surface area (TPSA) is 75.3 Å². The number of amides is 1. The highest BCUT2D eigenvalue weighted by Crippen LogP contribution is 2.26. The van der Waals surface area contributed by atoms with Gasteiger partial charge in [0.1, 0.15) is 5.82 Å². The van der Waals surface area contributed by atoms with Crippen LogP contribution in [0.15, 0.2) is 47.4 Å². The van der Waals surface area contributed by atoms with Crippen LogP contribution in [0.1, 0.15) is 44.0 Å². The fraction of sp³-hybridized carbons (Fsp3) is 0.316. The van der Waals surface area contributed by atoms with Gasteiger partial charge in [-0.15, -0.1) is 0 Å². The summed E-state index contributed by atoms with van der Waals surface area (Å²) >= 11 is 6.08. The molecule has 0 aromatic heterocycles. The Morgan fingerprint density at radius 1 is 1.15 bits per heavy atom. The Labute approximate surface area is 164 Å². The van der Waals surface area contributed by atoms with E-state index in [0.717, 1.165) is 37.1 Å². The molecule has 0 radical (unpaired) electrons. The van der Waals surface area contributed by atoms with Gasteiger partial charge in [-0.2, -0.15) is 0 Å². The van der Waals surface area contributed by atoms with Crippen LogP contribution in [0.4, 0.5) is 10.1 Å². The van der Waals surface area contributed by atoms with Crippen LogP contribution in [-0.4, -0.2) is 19.9 Å². The van der Waals surface area contributed by atoms with Gasteiger partial charge >= 0.3 is 0 Å². The van der Waals surface area contributed by atoms with Gasteiger partial charge in [-0.05, 0) is 62.7 Å². The third-order valence-electron chi connectivity index (χ3n) is 3.92. The zero-order chi connectivity index (χ0) is 20.2. The number of halogens is 2. The molecule has 2 aromatic rings. The van der Waals surface area contributed by atoms with Gasteiger partial charge in [0.15, 0.2) is 0 Å². The predicted molar refractivity (Wildman–Crippen MR) is 105 cm³/mol. The van der Waals surface area contributed by atoms with E-state index < -0.39 is 15.8 Å². The summed E-state index contributed by atoms with van der Waals surface area (Å²) in [6.07, 6.45) is 1.72. The number of carbonyl (C=O) groups excluding carboxylic acids is 1. The maximum absolute atomic E-state index is 13.0. The van der Waals surface area contributed by atoms with Crippen molar-refractivity contribution in [2.75, 3.05) is 4.72 Å². The Bertz CT molecular complexity index is 928. The molecule has 146 valence electrons. The molecule has 0 heterocycles. The molecule has 0 atom stereocenters. The summed E-state index contributed by atoms with van der Waals surface area (Å²) in [4.78, 5) is 12.4. The number of benzene rings is 2. The second-order valence-electron chi connectivity index (χ2n) is 6.84. The molecule has 1 amide bonds. The summed E-state index contributed by atoms with van der Waals surface area (Å²) in [5, 5.41) is 3.06. The van der Waals surface area contributed by atoms with E-state index in [1.807, 2.05) is 20.8 Å². The fourth-order valence-corrected chi connectivity index (χ4v) is 3.92. The Morgan fingerprint density at radius 3 is 2.37 bits per heavy atom. The first-order chi connectivity index (χ1) is 12.5. The van der Waals surface area contributed by atoms with Crippen molar-refractivity contribution < 1.29 is 17.6 Å². The van der Waals surface area contributed by atoms with Crippen molar-refractivity contribution in [2.45, 2.75) is 44.0 Å². The summed E-state index contributed by atoms with van der Waals surface area (Å²) in [7, 11) is -3.97. The van der Waals surface area contributed by atoms with Gasteiger partial charge < -0.3 is 5.32 Å². The quantitative estimate of drug-likeness (QED) is 0.698. The first-order valence-electron chi connectivity index (χ1n) is 8.44. The molecule has 0 aliphatic rings. The molecule has 0 aliphatic heterocycles. The van der Waals surface area contributed by atoms with Crippen molar-refractivity contribution in [3.8, 4) is 0 Å². The molecule has 0 aliphatic carbocycles. The van der Waals surface area contributed by atoms with E-state index in [0.29, 0.717) is 0 Å². The van der Waals surface area contributed by atoms with Gasteiger partial charge in [0, 0.05) is 11.1 Å². The number of hydrogen-bond acceptors (Lipinski definition) is 3. The number of anilines is 1. The molecule has 0 saturated carbocycles. The minimum Gasteiger partial charge on any atom is -0.347 e. The minimum atomic E-state index is -3.97. The minimum absolute atomic E-state index is 0.0712. The van der Waals surface area contributed by atoms with Gasteiger partial charge in [-0.1, -0.05) is 24.9 Å². The van der Waals surface area contributed by atoms with Crippen molar-refractivity contribution in [2.24, 2.45) is 0 Å². The monoisotopic (exact) mass is 412 g/mol. The van der Waals surface area contributed by atoms with Crippen molar-refractivity contribution in [3.05, 3.63) is 58.9 Å². The molecule has 0 unspecified atom stereocenters. The van der Waals surface area contributed by atoms with Crippen LogP contribution in [0.25, 0.3) is 0 Å². The molecule has 2 N–H and O–H groups in total. The molecule has 0 fully saturated rings. The molecular weight excluding hydrogens is 391 g/mol. The normalized spacial score (nSPS) is 11.9. The van der Waals surface area contributed by atoms with Crippen LogP contribution in [0.2, 0.25) is 5.02 Å². The Balaban J connectivity index is 2.27. The van der Waals surface area contributed by atoms with Crippen LogP contribution in [-0.2, 0) is 10.0 Å². The second kappa shape index (κ2) is 8.27. The van der Waals surface area contributed by atoms with Crippen molar-refractivity contribution in [1.29, 1.82) is 0 Å². The van der Waals surface area contributed by atoms with Gasteiger partial charge in [0.2, 0.25) is 0 Å². The van der Waals surface area contributed by atoms with Crippen molar-refractivity contribution in [1.82, 2.24) is 5.32 Å². The van der Waals surface area contributed by atoms with Gasteiger partial charge in [0.05, 0.1) is 15.6 Å². The predicted octanol–water partition coefficient (Wildman–Crippen LogP) is 4.59. The van der Waals surface area contributed by atoms with Crippen LogP contribution in [0.3, 0.4) is 0 Å². The highest BCUT2D eigenvalue weighted by molar-refractivity contribution is 7.92. The number of rotatable bonds is 7. The van der Waals surface area contributed by atoms with Gasteiger partial charge in [-0.3, -0.25) is 9.52 Å². The first-order valence-corrected chi connectivity index (χ1v) is 10.3. The molecule has 0 spiro atoms. The summed E-state index contributed by atoms with van der Waals surface area (Å²) in [6.45, 7) is 5.86. The van der Waals surface area contributed by atoms with E-state index in [2.05, 4.69) is 10.0 Å². The molecule has 5 nitrogen and oxygen atoms in total. The fourth-order valence-electron chi connectivity index (χ4n) is 2.63. The van der Waals surface area contributed by atoms with E-state index in [9.17, 15) is 17.6 Å². The number of sulfonamides is 1. The summed E-state index contributed by atoms with van der Waals surface area (Å²) in [5.41, 5.74) is -0.0403. The third-order valence-corrected chi connectivity index (χ3v) is 5.63. The smallest absolute Gasteiger partial charge is 0.261 e. The molecule has 0 saturated heterocycles. The molecular formula is C19H22ClFN2O3S. The third kappa shape index (κ3) is 5.68. The average Bonchev–Trinajstić information content (AvgIpc) is 2.56. The zero-order valence-corrected chi connectivity index (χ0v) is 16.9. The lowest BCUT2D eigenvalue weighted by Crippen LogP contribution is -2.43. The molecule has 8 heteroatoms. The lowest BCUT2D eigenvalue weighted by molar-refractivity contribution is 0.0909. The average molecular weight is 413 g/mol. The SMILES string of the molecule is CCCC(C)(C)NC(=O)c1ccc(Cl)c(NS(=O)(=O)c2ccc(F)cc2)c1. The number of carbonyl (C=O) groups is 1. The Morgan fingerprint density at radius 2 is 1.78 bits per heavy atom. The van der Waals surface area contributed by atoms with Crippen molar-refractivity contribution >= 4 is 33.2 Å². The van der Waals surface area contributed by atoms with Crippen LogP contribution < -0.4 is 10.0 Å². The van der Waals surface area contributed by atoms with Crippen molar-refractivity contribution in [3.63, 3.8) is 0 Å². The zero-order valence-electron chi connectivity index (χ0n) is 15.3.